The molecule has 0 N–H and O–H groups in total. The number of ether oxygens (including phenoxy) is 1. The molecule has 2 heterocycles. The van der Waals surface area contributed by atoms with Crippen LogP contribution < -0.4 is 4.90 Å². The van der Waals surface area contributed by atoms with Gasteiger partial charge in [-0.2, -0.15) is 0 Å². The fourth-order valence-corrected chi connectivity index (χ4v) is 3.73. The van der Waals surface area contributed by atoms with Crippen molar-refractivity contribution in [1.82, 2.24) is 0 Å². The van der Waals surface area contributed by atoms with Crippen molar-refractivity contribution in [1.29, 1.82) is 0 Å². The standard InChI is InChI=1S/C23H22FNO3.C2H6/c1-4-27-23(26)21-18-12-17-14(2)6-5-11-25(3)19(17)13-20(18)28-22(21)15-7-9-16(24)10-8-15;1-2/h7-10,12-13H,2,4-6,11H2,1,3H3;1-2H3. The maximum absolute atomic E-state index is 13.4. The first-order valence-electron chi connectivity index (χ1n) is 10.4. The summed E-state index contributed by atoms with van der Waals surface area (Å²) in [5.74, 6) is -0.405. The van der Waals surface area contributed by atoms with Gasteiger partial charge in [0, 0.05) is 41.9 Å². The maximum atomic E-state index is 13.4. The zero-order chi connectivity index (χ0) is 21.8. The first kappa shape index (κ1) is 21.6. The van der Waals surface area contributed by atoms with Crippen molar-refractivity contribution < 1.29 is 18.3 Å². The highest BCUT2D eigenvalue weighted by Gasteiger charge is 2.26. The van der Waals surface area contributed by atoms with E-state index in [0.717, 1.165) is 36.2 Å². The summed E-state index contributed by atoms with van der Waals surface area (Å²) in [7, 11) is 2.04. The molecule has 3 aromatic rings. The Bertz CT molecular complexity index is 1070. The van der Waals surface area contributed by atoms with Crippen molar-refractivity contribution in [3.05, 3.63) is 59.9 Å². The summed E-state index contributed by atoms with van der Waals surface area (Å²) < 4.78 is 24.8. The van der Waals surface area contributed by atoms with Gasteiger partial charge < -0.3 is 14.1 Å². The Morgan fingerprint density at radius 1 is 1.23 bits per heavy atom. The molecule has 0 saturated carbocycles. The molecule has 0 bridgehead atoms. The lowest BCUT2D eigenvalue weighted by Crippen LogP contribution is -2.17. The predicted octanol–water partition coefficient (Wildman–Crippen LogP) is 6.69. The fourth-order valence-electron chi connectivity index (χ4n) is 3.73. The Morgan fingerprint density at radius 2 is 1.93 bits per heavy atom. The molecule has 158 valence electrons. The number of rotatable bonds is 3. The second-order valence-electron chi connectivity index (χ2n) is 7.03. The van der Waals surface area contributed by atoms with E-state index in [0.29, 0.717) is 27.9 Å². The van der Waals surface area contributed by atoms with E-state index < -0.39 is 5.97 Å². The van der Waals surface area contributed by atoms with Gasteiger partial charge in [-0.1, -0.05) is 20.4 Å². The second kappa shape index (κ2) is 9.16. The average Bonchev–Trinajstić information content (AvgIpc) is 3.06. The van der Waals surface area contributed by atoms with Crippen LogP contribution in [0, 0.1) is 5.82 Å². The van der Waals surface area contributed by atoms with E-state index in [4.69, 9.17) is 9.15 Å². The third kappa shape index (κ3) is 3.97. The van der Waals surface area contributed by atoms with Gasteiger partial charge in [0.25, 0.3) is 0 Å². The molecule has 0 aliphatic carbocycles. The number of halogens is 1. The van der Waals surface area contributed by atoms with E-state index in [-0.39, 0.29) is 12.4 Å². The number of carbonyl (C=O) groups excluding carboxylic acids is 1. The number of carbonyl (C=O) groups is 1. The van der Waals surface area contributed by atoms with Gasteiger partial charge >= 0.3 is 5.97 Å². The van der Waals surface area contributed by atoms with E-state index in [2.05, 4.69) is 11.5 Å². The minimum atomic E-state index is -0.451. The molecule has 2 aromatic carbocycles. The molecule has 0 fully saturated rings. The van der Waals surface area contributed by atoms with Crippen LogP contribution in [0.5, 0.6) is 0 Å². The van der Waals surface area contributed by atoms with Crippen LogP contribution in [0.1, 0.15) is 49.5 Å². The minimum absolute atomic E-state index is 0.259. The van der Waals surface area contributed by atoms with E-state index in [1.807, 2.05) is 33.0 Å². The summed E-state index contributed by atoms with van der Waals surface area (Å²) >= 11 is 0. The predicted molar refractivity (Wildman–Crippen MR) is 120 cm³/mol. The van der Waals surface area contributed by atoms with Crippen LogP contribution in [0.3, 0.4) is 0 Å². The summed E-state index contributed by atoms with van der Waals surface area (Å²) in [4.78, 5) is 15.0. The first-order valence-corrected chi connectivity index (χ1v) is 10.4. The zero-order valence-electron chi connectivity index (χ0n) is 18.0. The quantitative estimate of drug-likeness (QED) is 0.452. The number of hydrogen-bond acceptors (Lipinski definition) is 4. The molecule has 0 saturated heterocycles. The maximum Gasteiger partial charge on any atom is 0.342 e. The van der Waals surface area contributed by atoms with Crippen molar-refractivity contribution in [3.8, 4) is 11.3 Å². The lowest BCUT2D eigenvalue weighted by atomic mass is 9.98. The van der Waals surface area contributed by atoms with Crippen molar-refractivity contribution in [2.45, 2.75) is 33.6 Å². The summed E-state index contributed by atoms with van der Waals surface area (Å²) in [5.41, 5.74) is 4.69. The minimum Gasteiger partial charge on any atom is -0.462 e. The number of esters is 1. The lowest BCUT2D eigenvalue weighted by Gasteiger charge is -2.19. The number of benzene rings is 2. The summed E-state index contributed by atoms with van der Waals surface area (Å²) in [5, 5.41) is 0.688. The van der Waals surface area contributed by atoms with Crippen LogP contribution >= 0.6 is 0 Å². The van der Waals surface area contributed by atoms with Gasteiger partial charge in [-0.3, -0.25) is 0 Å². The van der Waals surface area contributed by atoms with Crippen molar-refractivity contribution >= 4 is 28.2 Å². The van der Waals surface area contributed by atoms with Crippen LogP contribution in [0.2, 0.25) is 0 Å². The molecule has 0 amide bonds. The van der Waals surface area contributed by atoms with Crippen LogP contribution in [0.25, 0.3) is 27.9 Å². The topological polar surface area (TPSA) is 42.7 Å². The van der Waals surface area contributed by atoms with Gasteiger partial charge in [-0.05, 0) is 55.7 Å². The highest BCUT2D eigenvalue weighted by atomic mass is 19.1. The van der Waals surface area contributed by atoms with Crippen LogP contribution in [0.4, 0.5) is 10.1 Å². The molecule has 1 aliphatic rings. The highest BCUT2D eigenvalue weighted by molar-refractivity contribution is 6.10. The van der Waals surface area contributed by atoms with E-state index in [1.54, 1.807) is 19.1 Å². The summed E-state index contributed by atoms with van der Waals surface area (Å²) in [6.07, 6.45) is 1.93. The summed E-state index contributed by atoms with van der Waals surface area (Å²) in [6, 6.07) is 9.83. The van der Waals surface area contributed by atoms with Gasteiger partial charge in [0.15, 0.2) is 0 Å². The third-order valence-corrected chi connectivity index (χ3v) is 5.16. The van der Waals surface area contributed by atoms with Gasteiger partial charge in [-0.25, -0.2) is 9.18 Å². The lowest BCUT2D eigenvalue weighted by molar-refractivity contribution is 0.0528. The Kier molecular flexibility index (Phi) is 6.60. The SMILES string of the molecule is C=C1CCCN(C)c2cc3oc(-c4ccc(F)cc4)c(C(=O)OCC)c3cc21.CC. The molecule has 0 unspecified atom stereocenters. The molecule has 1 aliphatic heterocycles. The Balaban J connectivity index is 0.00000124. The fraction of sp³-hybridized carbons (Fsp3) is 0.320. The number of anilines is 1. The van der Waals surface area contributed by atoms with Gasteiger partial charge in [-0.15, -0.1) is 0 Å². The number of furan rings is 1. The molecular weight excluding hydrogens is 381 g/mol. The molecule has 4 nitrogen and oxygen atoms in total. The number of fused-ring (bicyclic) bond motifs is 2. The van der Waals surface area contributed by atoms with Crippen LogP contribution in [-0.4, -0.2) is 26.2 Å². The van der Waals surface area contributed by atoms with E-state index in [9.17, 15) is 9.18 Å². The molecule has 1 aromatic heterocycles. The van der Waals surface area contributed by atoms with E-state index >= 15 is 0 Å². The molecule has 5 heteroatoms. The van der Waals surface area contributed by atoms with Crippen LogP contribution in [0.15, 0.2) is 47.4 Å². The molecular formula is C25H28FNO3. The number of hydrogen-bond donors (Lipinski definition) is 0. The highest BCUT2D eigenvalue weighted by Crippen LogP contribution is 2.41. The molecule has 30 heavy (non-hydrogen) atoms. The zero-order valence-corrected chi connectivity index (χ0v) is 18.0. The largest absolute Gasteiger partial charge is 0.462 e. The van der Waals surface area contributed by atoms with Crippen molar-refractivity contribution in [2.75, 3.05) is 25.1 Å². The monoisotopic (exact) mass is 409 g/mol. The van der Waals surface area contributed by atoms with E-state index in [1.165, 1.54) is 12.1 Å². The van der Waals surface area contributed by atoms with Crippen molar-refractivity contribution in [2.24, 2.45) is 0 Å². The normalized spacial score (nSPS) is 13.4. The van der Waals surface area contributed by atoms with Gasteiger partial charge in [0.05, 0.1) is 6.61 Å². The number of nitrogens with zero attached hydrogens (tertiary/aromatic N) is 1. The van der Waals surface area contributed by atoms with Gasteiger partial charge in [0.1, 0.15) is 22.7 Å². The van der Waals surface area contributed by atoms with Gasteiger partial charge in [0.2, 0.25) is 0 Å². The molecule has 0 radical (unpaired) electrons. The Morgan fingerprint density at radius 3 is 2.60 bits per heavy atom. The third-order valence-electron chi connectivity index (χ3n) is 5.16. The summed E-state index contributed by atoms with van der Waals surface area (Å²) in [6.45, 7) is 11.2. The molecule has 4 rings (SSSR count). The van der Waals surface area contributed by atoms with Crippen molar-refractivity contribution in [3.63, 3.8) is 0 Å². The smallest absolute Gasteiger partial charge is 0.342 e. The first-order chi connectivity index (χ1) is 14.5. The molecule has 0 spiro atoms. The second-order valence-corrected chi connectivity index (χ2v) is 7.03. The average molecular weight is 410 g/mol. The molecule has 0 atom stereocenters. The van der Waals surface area contributed by atoms with Crippen LogP contribution in [-0.2, 0) is 4.74 Å². The Labute approximate surface area is 176 Å². The number of allylic oxidation sites excluding steroid dienone is 1. The Hall–Kier alpha value is -3.08.